The number of rotatable bonds is 1. The summed E-state index contributed by atoms with van der Waals surface area (Å²) in [7, 11) is 2.03. The zero-order valence-corrected chi connectivity index (χ0v) is 15.1. The van der Waals surface area contributed by atoms with Gasteiger partial charge in [-0.05, 0) is 42.4 Å². The van der Waals surface area contributed by atoms with Crippen LogP contribution in [0.15, 0.2) is 33.5 Å². The standard InChI is InChI=1S/C18H21BrN2O/c1-17(2)13-8-9-18(17,3)15-14(13)16(22)21(20(15)4)12-7-5-6-11(19)10-12/h5-7,10,13H,8-9H2,1-4H3/t13?,18-/m0/s1. The second kappa shape index (κ2) is 4.16. The molecule has 2 aromatic rings. The minimum atomic E-state index is 0.0954. The van der Waals surface area contributed by atoms with Crippen molar-refractivity contribution in [3.05, 3.63) is 50.3 Å². The molecule has 0 saturated heterocycles. The number of nitrogens with zero attached hydrogens (tertiary/aromatic N) is 2. The number of hydrogen-bond donors (Lipinski definition) is 0. The van der Waals surface area contributed by atoms with E-state index in [2.05, 4.69) is 41.4 Å². The van der Waals surface area contributed by atoms with Gasteiger partial charge in [0.2, 0.25) is 0 Å². The van der Waals surface area contributed by atoms with Gasteiger partial charge in [-0.1, -0.05) is 42.8 Å². The summed E-state index contributed by atoms with van der Waals surface area (Å²) in [4.78, 5) is 13.1. The number of benzene rings is 1. The van der Waals surface area contributed by atoms with Crippen molar-refractivity contribution in [3.63, 3.8) is 0 Å². The molecule has 0 radical (unpaired) electrons. The van der Waals surface area contributed by atoms with Crippen LogP contribution in [0.2, 0.25) is 0 Å². The molecule has 1 fully saturated rings. The second-order valence-corrected chi connectivity index (χ2v) is 8.44. The topological polar surface area (TPSA) is 26.9 Å². The minimum Gasteiger partial charge on any atom is -0.284 e. The van der Waals surface area contributed by atoms with Gasteiger partial charge >= 0.3 is 0 Å². The molecule has 1 saturated carbocycles. The molecule has 1 aromatic heterocycles. The van der Waals surface area contributed by atoms with Crippen molar-refractivity contribution in [1.82, 2.24) is 9.36 Å². The lowest BCUT2D eigenvalue weighted by Crippen LogP contribution is -2.35. The molecule has 2 aliphatic rings. The van der Waals surface area contributed by atoms with Gasteiger partial charge in [-0.25, -0.2) is 4.68 Å². The van der Waals surface area contributed by atoms with Gasteiger partial charge < -0.3 is 0 Å². The van der Waals surface area contributed by atoms with Crippen molar-refractivity contribution in [2.45, 2.75) is 44.9 Å². The van der Waals surface area contributed by atoms with E-state index < -0.39 is 0 Å². The van der Waals surface area contributed by atoms with Gasteiger partial charge in [0.1, 0.15) is 0 Å². The third-order valence-corrected chi connectivity index (χ3v) is 6.94. The Hall–Kier alpha value is -1.29. The van der Waals surface area contributed by atoms with Crippen LogP contribution in [0.5, 0.6) is 0 Å². The van der Waals surface area contributed by atoms with E-state index in [0.29, 0.717) is 5.92 Å². The van der Waals surface area contributed by atoms with E-state index in [-0.39, 0.29) is 16.4 Å². The fourth-order valence-electron chi connectivity index (χ4n) is 4.92. The average molecular weight is 361 g/mol. The Labute approximate surface area is 139 Å². The first-order valence-electron chi connectivity index (χ1n) is 7.87. The van der Waals surface area contributed by atoms with Crippen molar-refractivity contribution in [2.75, 3.05) is 0 Å². The van der Waals surface area contributed by atoms with Crippen LogP contribution in [-0.4, -0.2) is 9.36 Å². The SMILES string of the molecule is Cn1c2c(c(=O)n1-c1cccc(Br)c1)C1CC[C@]2(C)C1(C)C. The van der Waals surface area contributed by atoms with E-state index >= 15 is 0 Å². The van der Waals surface area contributed by atoms with E-state index in [0.717, 1.165) is 22.1 Å². The highest BCUT2D eigenvalue weighted by Gasteiger charge is 2.62. The molecule has 4 heteroatoms. The molecule has 3 nitrogen and oxygen atoms in total. The van der Waals surface area contributed by atoms with Gasteiger partial charge in [-0.2, -0.15) is 0 Å². The van der Waals surface area contributed by atoms with Crippen LogP contribution in [0.3, 0.4) is 0 Å². The molecule has 116 valence electrons. The summed E-state index contributed by atoms with van der Waals surface area (Å²) in [6, 6.07) is 7.96. The van der Waals surface area contributed by atoms with Crippen LogP contribution in [0.25, 0.3) is 5.69 Å². The van der Waals surface area contributed by atoms with Gasteiger partial charge in [0.25, 0.3) is 5.56 Å². The number of fused-ring (bicyclic) bond motifs is 5. The molecule has 4 rings (SSSR count). The van der Waals surface area contributed by atoms with Crippen LogP contribution in [-0.2, 0) is 12.5 Å². The Balaban J connectivity index is 2.03. The molecule has 1 aromatic carbocycles. The van der Waals surface area contributed by atoms with E-state index in [1.807, 2.05) is 36.0 Å². The smallest absolute Gasteiger partial charge is 0.275 e. The molecule has 0 N–H and O–H groups in total. The van der Waals surface area contributed by atoms with Gasteiger partial charge in [0.15, 0.2) is 0 Å². The zero-order valence-electron chi connectivity index (χ0n) is 13.5. The average Bonchev–Trinajstić information content (AvgIpc) is 2.91. The number of halogens is 1. The molecular formula is C18H21BrN2O. The molecule has 0 spiro atoms. The highest BCUT2D eigenvalue weighted by atomic mass is 79.9. The second-order valence-electron chi connectivity index (χ2n) is 7.53. The Bertz CT molecular complexity index is 845. The maximum Gasteiger partial charge on any atom is 0.275 e. The predicted molar refractivity (Wildman–Crippen MR) is 91.8 cm³/mol. The van der Waals surface area contributed by atoms with E-state index in [9.17, 15) is 4.79 Å². The summed E-state index contributed by atoms with van der Waals surface area (Å²) < 4.78 is 4.93. The summed E-state index contributed by atoms with van der Waals surface area (Å²) in [5.74, 6) is 0.389. The van der Waals surface area contributed by atoms with Crippen LogP contribution in [0.4, 0.5) is 0 Å². The Morgan fingerprint density at radius 2 is 2.00 bits per heavy atom. The first-order chi connectivity index (χ1) is 10.3. The van der Waals surface area contributed by atoms with Gasteiger partial charge in [0.05, 0.1) is 11.4 Å². The molecule has 1 unspecified atom stereocenters. The minimum absolute atomic E-state index is 0.0954. The Morgan fingerprint density at radius 1 is 1.27 bits per heavy atom. The highest BCUT2D eigenvalue weighted by molar-refractivity contribution is 9.10. The van der Waals surface area contributed by atoms with Crippen molar-refractivity contribution in [1.29, 1.82) is 0 Å². The molecule has 0 amide bonds. The van der Waals surface area contributed by atoms with Crippen molar-refractivity contribution < 1.29 is 0 Å². The highest BCUT2D eigenvalue weighted by Crippen LogP contribution is 2.66. The molecular weight excluding hydrogens is 340 g/mol. The lowest BCUT2D eigenvalue weighted by molar-refractivity contribution is 0.218. The van der Waals surface area contributed by atoms with Crippen molar-refractivity contribution >= 4 is 15.9 Å². The summed E-state index contributed by atoms with van der Waals surface area (Å²) in [5.41, 5.74) is 3.66. The predicted octanol–water partition coefficient (Wildman–Crippen LogP) is 4.11. The molecule has 2 atom stereocenters. The van der Waals surface area contributed by atoms with Crippen LogP contribution in [0, 0.1) is 5.41 Å². The zero-order chi connectivity index (χ0) is 15.9. The fraction of sp³-hybridized carbons (Fsp3) is 0.500. The van der Waals surface area contributed by atoms with Gasteiger partial charge in [-0.3, -0.25) is 9.48 Å². The Morgan fingerprint density at radius 3 is 2.64 bits per heavy atom. The van der Waals surface area contributed by atoms with E-state index in [1.165, 1.54) is 12.1 Å². The summed E-state index contributed by atoms with van der Waals surface area (Å²) >= 11 is 3.51. The van der Waals surface area contributed by atoms with Crippen molar-refractivity contribution in [3.8, 4) is 5.69 Å². The number of hydrogen-bond acceptors (Lipinski definition) is 1. The maximum atomic E-state index is 13.1. The first-order valence-corrected chi connectivity index (χ1v) is 8.66. The van der Waals surface area contributed by atoms with Crippen molar-refractivity contribution in [2.24, 2.45) is 12.5 Å². The monoisotopic (exact) mass is 360 g/mol. The molecule has 2 bridgehead atoms. The summed E-state index contributed by atoms with van der Waals surface area (Å²) in [6.07, 6.45) is 2.31. The lowest BCUT2D eigenvalue weighted by atomic mass is 9.70. The van der Waals surface area contributed by atoms with Crippen LogP contribution in [0.1, 0.15) is 50.8 Å². The van der Waals surface area contributed by atoms with Crippen LogP contribution < -0.4 is 5.56 Å². The van der Waals surface area contributed by atoms with Gasteiger partial charge in [-0.15, -0.1) is 0 Å². The first kappa shape index (κ1) is 14.3. The normalized spacial score (nSPS) is 28.1. The third kappa shape index (κ3) is 1.45. The van der Waals surface area contributed by atoms with Gasteiger partial charge in [0, 0.05) is 22.5 Å². The number of aromatic nitrogens is 2. The van der Waals surface area contributed by atoms with Crippen LogP contribution >= 0.6 is 15.9 Å². The van der Waals surface area contributed by atoms with E-state index in [1.54, 1.807) is 0 Å². The molecule has 22 heavy (non-hydrogen) atoms. The molecule has 2 aliphatic carbocycles. The summed E-state index contributed by atoms with van der Waals surface area (Å²) in [5, 5.41) is 0. The lowest BCUT2D eigenvalue weighted by Gasteiger charge is -2.36. The molecule has 1 heterocycles. The molecule has 0 aliphatic heterocycles. The third-order valence-electron chi connectivity index (χ3n) is 6.45. The van der Waals surface area contributed by atoms with E-state index in [4.69, 9.17) is 0 Å². The fourth-order valence-corrected chi connectivity index (χ4v) is 5.31. The Kier molecular flexibility index (Phi) is 2.71. The largest absolute Gasteiger partial charge is 0.284 e. The summed E-state index contributed by atoms with van der Waals surface area (Å²) in [6.45, 7) is 6.99. The maximum absolute atomic E-state index is 13.1. The quantitative estimate of drug-likeness (QED) is 0.751.